The summed E-state index contributed by atoms with van der Waals surface area (Å²) in [6, 6.07) is 5.28. The van der Waals surface area contributed by atoms with Gasteiger partial charge in [-0.3, -0.25) is 5.43 Å². The predicted molar refractivity (Wildman–Crippen MR) is 65.5 cm³/mol. The Morgan fingerprint density at radius 3 is 3.00 bits per heavy atom. The zero-order valence-corrected chi connectivity index (χ0v) is 9.60. The summed E-state index contributed by atoms with van der Waals surface area (Å²) in [7, 11) is 1.55. The van der Waals surface area contributed by atoms with Gasteiger partial charge in [-0.05, 0) is 29.9 Å². The zero-order valence-electron chi connectivity index (χ0n) is 8.03. The van der Waals surface area contributed by atoms with Crippen LogP contribution in [-0.4, -0.2) is 18.4 Å². The number of thiocarbonyl (C=S) groups is 1. The van der Waals surface area contributed by atoms with E-state index in [0.29, 0.717) is 10.8 Å². The zero-order chi connectivity index (χ0) is 11.3. The van der Waals surface area contributed by atoms with Crippen molar-refractivity contribution >= 4 is 35.1 Å². The summed E-state index contributed by atoms with van der Waals surface area (Å²) in [6.07, 6.45) is 1.57. The van der Waals surface area contributed by atoms with Crippen molar-refractivity contribution in [2.24, 2.45) is 10.8 Å². The van der Waals surface area contributed by atoms with E-state index in [9.17, 15) is 0 Å². The first-order valence-electron chi connectivity index (χ1n) is 4.05. The lowest BCUT2D eigenvalue weighted by atomic mass is 10.2. The fourth-order valence-corrected chi connectivity index (χ4v) is 1.17. The first-order valence-corrected chi connectivity index (χ1v) is 4.84. The minimum Gasteiger partial charge on any atom is -0.495 e. The van der Waals surface area contributed by atoms with Crippen LogP contribution in [0.4, 0.5) is 0 Å². The molecule has 0 unspecified atom stereocenters. The molecule has 0 atom stereocenters. The fourth-order valence-electron chi connectivity index (χ4n) is 0.927. The fraction of sp³-hybridized carbons (Fsp3) is 0.111. The number of ether oxygens (including phenoxy) is 1. The van der Waals surface area contributed by atoms with Crippen molar-refractivity contribution in [2.45, 2.75) is 0 Å². The number of rotatable bonds is 3. The van der Waals surface area contributed by atoms with E-state index in [-0.39, 0.29) is 5.11 Å². The number of nitrogens with one attached hydrogen (secondary N) is 1. The molecule has 4 nitrogen and oxygen atoms in total. The normalized spacial score (nSPS) is 10.3. The molecule has 0 bridgehead atoms. The van der Waals surface area contributed by atoms with E-state index < -0.39 is 0 Å². The third kappa shape index (κ3) is 3.73. The average Bonchev–Trinajstić information content (AvgIpc) is 2.20. The number of hydrogen-bond acceptors (Lipinski definition) is 3. The lowest BCUT2D eigenvalue weighted by molar-refractivity contribution is 0.415. The van der Waals surface area contributed by atoms with E-state index in [2.05, 4.69) is 22.7 Å². The van der Waals surface area contributed by atoms with Crippen LogP contribution in [0.3, 0.4) is 0 Å². The van der Waals surface area contributed by atoms with Crippen LogP contribution in [0.5, 0.6) is 5.75 Å². The molecule has 1 aromatic rings. The lowest BCUT2D eigenvalue weighted by Gasteiger charge is -2.03. The SMILES string of the molecule is COc1cc(C=NNC(N)=S)ccc1Cl. The van der Waals surface area contributed by atoms with Crippen LogP contribution < -0.4 is 15.9 Å². The largest absolute Gasteiger partial charge is 0.495 e. The number of methoxy groups -OCH3 is 1. The smallest absolute Gasteiger partial charge is 0.184 e. The second-order valence-electron chi connectivity index (χ2n) is 2.63. The molecule has 0 saturated heterocycles. The molecule has 15 heavy (non-hydrogen) atoms. The van der Waals surface area contributed by atoms with Crippen LogP contribution in [0.15, 0.2) is 23.3 Å². The molecule has 0 radical (unpaired) electrons. The number of nitrogens with zero attached hydrogens (tertiary/aromatic N) is 1. The maximum absolute atomic E-state index is 5.85. The van der Waals surface area contributed by atoms with Gasteiger partial charge in [-0.25, -0.2) is 0 Å². The van der Waals surface area contributed by atoms with Crippen molar-refractivity contribution in [1.82, 2.24) is 5.43 Å². The summed E-state index contributed by atoms with van der Waals surface area (Å²) in [5.74, 6) is 0.593. The summed E-state index contributed by atoms with van der Waals surface area (Å²) in [6.45, 7) is 0. The van der Waals surface area contributed by atoms with Gasteiger partial charge < -0.3 is 10.5 Å². The highest BCUT2D eigenvalue weighted by Crippen LogP contribution is 2.24. The Labute approximate surface area is 98.1 Å². The van der Waals surface area contributed by atoms with Crippen molar-refractivity contribution in [3.8, 4) is 5.75 Å². The Kier molecular flexibility index (Phi) is 4.33. The van der Waals surface area contributed by atoms with Gasteiger partial charge in [0.25, 0.3) is 0 Å². The van der Waals surface area contributed by atoms with E-state index in [1.165, 1.54) is 0 Å². The van der Waals surface area contributed by atoms with Crippen LogP contribution in [-0.2, 0) is 0 Å². The van der Waals surface area contributed by atoms with Gasteiger partial charge in [0.2, 0.25) is 0 Å². The molecule has 1 aromatic carbocycles. The van der Waals surface area contributed by atoms with Crippen LogP contribution in [0.1, 0.15) is 5.56 Å². The predicted octanol–water partition coefficient (Wildman–Crippen LogP) is 1.52. The van der Waals surface area contributed by atoms with Gasteiger partial charge in [0.15, 0.2) is 5.11 Å². The Balaban J connectivity index is 2.78. The van der Waals surface area contributed by atoms with E-state index in [1.54, 1.807) is 31.5 Å². The Morgan fingerprint density at radius 1 is 1.67 bits per heavy atom. The van der Waals surface area contributed by atoms with Crippen LogP contribution in [0.25, 0.3) is 0 Å². The number of hydrazone groups is 1. The highest BCUT2D eigenvalue weighted by molar-refractivity contribution is 7.80. The van der Waals surface area contributed by atoms with E-state index in [4.69, 9.17) is 22.1 Å². The molecule has 0 spiro atoms. The van der Waals surface area contributed by atoms with Gasteiger partial charge >= 0.3 is 0 Å². The Hall–Kier alpha value is -1.33. The molecule has 0 aromatic heterocycles. The molecule has 0 saturated carbocycles. The van der Waals surface area contributed by atoms with Crippen LogP contribution in [0, 0.1) is 0 Å². The van der Waals surface area contributed by atoms with Crippen molar-refractivity contribution in [3.05, 3.63) is 28.8 Å². The monoisotopic (exact) mass is 243 g/mol. The summed E-state index contributed by atoms with van der Waals surface area (Å²) >= 11 is 10.4. The molecule has 6 heteroatoms. The molecule has 0 aliphatic rings. The lowest BCUT2D eigenvalue weighted by Crippen LogP contribution is -2.23. The minimum absolute atomic E-state index is 0.118. The summed E-state index contributed by atoms with van der Waals surface area (Å²) in [4.78, 5) is 0. The molecular formula is C9H10ClN3OS. The van der Waals surface area contributed by atoms with Crippen molar-refractivity contribution in [1.29, 1.82) is 0 Å². The number of halogens is 1. The van der Waals surface area contributed by atoms with Crippen molar-refractivity contribution in [3.63, 3.8) is 0 Å². The van der Waals surface area contributed by atoms with Gasteiger partial charge in [-0.1, -0.05) is 17.7 Å². The highest BCUT2D eigenvalue weighted by Gasteiger charge is 1.99. The van der Waals surface area contributed by atoms with E-state index in [1.807, 2.05) is 0 Å². The topological polar surface area (TPSA) is 59.6 Å². The molecule has 0 aliphatic carbocycles. The van der Waals surface area contributed by atoms with Gasteiger partial charge in [-0.2, -0.15) is 5.10 Å². The number of hydrogen-bond donors (Lipinski definition) is 2. The number of nitrogens with two attached hydrogens (primary N) is 1. The van der Waals surface area contributed by atoms with Gasteiger partial charge in [0, 0.05) is 0 Å². The quantitative estimate of drug-likeness (QED) is 0.480. The van der Waals surface area contributed by atoms with Gasteiger partial charge in [0.05, 0.1) is 18.3 Å². The second kappa shape index (κ2) is 5.53. The van der Waals surface area contributed by atoms with Gasteiger partial charge in [-0.15, -0.1) is 0 Å². The summed E-state index contributed by atoms with van der Waals surface area (Å²) in [5, 5.41) is 4.48. The maximum Gasteiger partial charge on any atom is 0.184 e. The molecule has 0 heterocycles. The molecule has 3 N–H and O–H groups in total. The maximum atomic E-state index is 5.85. The first-order chi connectivity index (χ1) is 7.13. The highest BCUT2D eigenvalue weighted by atomic mass is 35.5. The molecule has 80 valence electrons. The average molecular weight is 244 g/mol. The van der Waals surface area contributed by atoms with Crippen LogP contribution in [0.2, 0.25) is 5.02 Å². The third-order valence-electron chi connectivity index (χ3n) is 1.56. The Bertz CT molecular complexity index is 395. The molecule has 1 rings (SSSR count). The van der Waals surface area contributed by atoms with Crippen molar-refractivity contribution in [2.75, 3.05) is 7.11 Å². The molecular weight excluding hydrogens is 234 g/mol. The van der Waals surface area contributed by atoms with E-state index in [0.717, 1.165) is 5.56 Å². The third-order valence-corrected chi connectivity index (χ3v) is 1.97. The Morgan fingerprint density at radius 2 is 2.40 bits per heavy atom. The minimum atomic E-state index is 0.118. The first kappa shape index (κ1) is 11.7. The standard InChI is InChI=1S/C9H10ClN3OS/c1-14-8-4-6(2-3-7(8)10)5-12-13-9(11)15/h2-5H,1H3,(H3,11,13,15). The number of benzene rings is 1. The molecule has 0 aliphatic heterocycles. The van der Waals surface area contributed by atoms with Gasteiger partial charge in [0.1, 0.15) is 5.75 Å². The van der Waals surface area contributed by atoms with Crippen molar-refractivity contribution < 1.29 is 4.74 Å². The van der Waals surface area contributed by atoms with E-state index >= 15 is 0 Å². The molecule has 0 fully saturated rings. The summed E-state index contributed by atoms with van der Waals surface area (Å²) in [5.41, 5.74) is 8.48. The van der Waals surface area contributed by atoms with Crippen LogP contribution >= 0.6 is 23.8 Å². The molecule has 0 amide bonds. The summed E-state index contributed by atoms with van der Waals surface area (Å²) < 4.78 is 5.05. The second-order valence-corrected chi connectivity index (χ2v) is 3.48.